The van der Waals surface area contributed by atoms with Crippen molar-refractivity contribution in [1.29, 1.82) is 0 Å². The largest absolute Gasteiger partial charge is 0.322 e. The Morgan fingerprint density at radius 1 is 1.04 bits per heavy atom. The van der Waals surface area contributed by atoms with Gasteiger partial charge >= 0.3 is 0 Å². The molecule has 2 amide bonds. The molecule has 0 heterocycles. The first-order valence-corrected chi connectivity index (χ1v) is 9.86. The standard InChI is InChI=1S/C21H23Cl2N3O2/c1-3-4-5-6-20(27)26-25-14(2)15-7-10-17(11-8-15)24-21(28)18-12-9-16(22)13-19(18)23/h7-13H,3-6H2,1-2H3,(H,24,28)(H,26,27). The molecule has 2 aromatic rings. The molecule has 0 saturated carbocycles. The molecule has 28 heavy (non-hydrogen) atoms. The second kappa shape index (κ2) is 10.8. The van der Waals surface area contributed by atoms with Gasteiger partial charge in [-0.15, -0.1) is 0 Å². The molecule has 0 unspecified atom stereocenters. The van der Waals surface area contributed by atoms with Gasteiger partial charge in [0.15, 0.2) is 0 Å². The van der Waals surface area contributed by atoms with Crippen LogP contribution < -0.4 is 10.7 Å². The molecule has 0 aromatic heterocycles. The van der Waals surface area contributed by atoms with Crippen molar-refractivity contribution < 1.29 is 9.59 Å². The van der Waals surface area contributed by atoms with E-state index in [1.807, 2.05) is 19.1 Å². The van der Waals surface area contributed by atoms with Crippen molar-refractivity contribution >= 4 is 46.4 Å². The molecule has 7 heteroatoms. The monoisotopic (exact) mass is 419 g/mol. The highest BCUT2D eigenvalue weighted by Gasteiger charge is 2.11. The van der Waals surface area contributed by atoms with Crippen LogP contribution in [0, 0.1) is 0 Å². The topological polar surface area (TPSA) is 70.6 Å². The van der Waals surface area contributed by atoms with Crippen LogP contribution in [0.5, 0.6) is 0 Å². The smallest absolute Gasteiger partial charge is 0.257 e. The fraction of sp³-hybridized carbons (Fsp3) is 0.286. The van der Waals surface area contributed by atoms with E-state index in [9.17, 15) is 9.59 Å². The van der Waals surface area contributed by atoms with Crippen LogP contribution >= 0.6 is 23.2 Å². The van der Waals surface area contributed by atoms with Crippen LogP contribution in [0.2, 0.25) is 10.0 Å². The number of hydrazone groups is 1. The fourth-order valence-corrected chi connectivity index (χ4v) is 2.96. The lowest BCUT2D eigenvalue weighted by atomic mass is 10.1. The quantitative estimate of drug-likeness (QED) is 0.328. The number of rotatable bonds is 8. The third-order valence-electron chi connectivity index (χ3n) is 4.09. The van der Waals surface area contributed by atoms with E-state index in [4.69, 9.17) is 23.2 Å². The average molecular weight is 420 g/mol. The van der Waals surface area contributed by atoms with Crippen LogP contribution in [-0.2, 0) is 4.79 Å². The lowest BCUT2D eigenvalue weighted by Gasteiger charge is -2.08. The van der Waals surface area contributed by atoms with Crippen LogP contribution in [0.25, 0.3) is 0 Å². The van der Waals surface area contributed by atoms with E-state index in [0.29, 0.717) is 33.4 Å². The summed E-state index contributed by atoms with van der Waals surface area (Å²) in [5, 5.41) is 7.68. The average Bonchev–Trinajstić information content (AvgIpc) is 2.66. The van der Waals surface area contributed by atoms with Crippen molar-refractivity contribution in [2.45, 2.75) is 39.5 Å². The zero-order chi connectivity index (χ0) is 20.5. The highest BCUT2D eigenvalue weighted by Crippen LogP contribution is 2.22. The SMILES string of the molecule is CCCCCC(=O)NN=C(C)c1ccc(NC(=O)c2ccc(Cl)cc2Cl)cc1. The zero-order valence-corrected chi connectivity index (χ0v) is 17.4. The summed E-state index contributed by atoms with van der Waals surface area (Å²) in [6.45, 7) is 3.91. The van der Waals surface area contributed by atoms with Gasteiger partial charge in [0.25, 0.3) is 5.91 Å². The molecule has 0 spiro atoms. The van der Waals surface area contributed by atoms with Crippen LogP contribution in [-0.4, -0.2) is 17.5 Å². The summed E-state index contributed by atoms with van der Waals surface area (Å²) in [7, 11) is 0. The van der Waals surface area contributed by atoms with Gasteiger partial charge in [-0.25, -0.2) is 5.43 Å². The molecule has 5 nitrogen and oxygen atoms in total. The Labute approximate surface area is 175 Å². The molecule has 2 rings (SSSR count). The molecule has 0 radical (unpaired) electrons. The molecule has 0 bridgehead atoms. The lowest BCUT2D eigenvalue weighted by molar-refractivity contribution is -0.121. The first-order chi connectivity index (χ1) is 13.4. The second-order valence-electron chi connectivity index (χ2n) is 6.34. The molecular formula is C21H23Cl2N3O2. The van der Waals surface area contributed by atoms with Gasteiger partial charge in [0, 0.05) is 17.1 Å². The number of halogens is 2. The molecule has 0 fully saturated rings. The van der Waals surface area contributed by atoms with E-state index >= 15 is 0 Å². The molecule has 148 valence electrons. The number of nitrogens with one attached hydrogen (secondary N) is 2. The highest BCUT2D eigenvalue weighted by atomic mass is 35.5. The van der Waals surface area contributed by atoms with Crippen molar-refractivity contribution in [2.75, 3.05) is 5.32 Å². The first kappa shape index (κ1) is 21.9. The van der Waals surface area contributed by atoms with Gasteiger partial charge in [0.05, 0.1) is 16.3 Å². The molecule has 2 aromatic carbocycles. The summed E-state index contributed by atoms with van der Waals surface area (Å²) in [5.41, 5.74) is 5.07. The summed E-state index contributed by atoms with van der Waals surface area (Å²) in [5.74, 6) is -0.407. The Morgan fingerprint density at radius 3 is 2.39 bits per heavy atom. The fourth-order valence-electron chi connectivity index (χ4n) is 2.47. The Bertz CT molecular complexity index is 864. The van der Waals surface area contributed by atoms with Gasteiger partial charge in [-0.1, -0.05) is 55.1 Å². The normalized spacial score (nSPS) is 11.2. The van der Waals surface area contributed by atoms with E-state index in [-0.39, 0.29) is 11.8 Å². The molecule has 0 saturated heterocycles. The molecule has 0 atom stereocenters. The van der Waals surface area contributed by atoms with Crippen LogP contribution in [0.15, 0.2) is 47.6 Å². The maximum Gasteiger partial charge on any atom is 0.257 e. The third kappa shape index (κ3) is 6.66. The Balaban J connectivity index is 1.95. The summed E-state index contributed by atoms with van der Waals surface area (Å²) >= 11 is 11.9. The number of benzene rings is 2. The maximum absolute atomic E-state index is 12.3. The molecule has 0 aliphatic carbocycles. The summed E-state index contributed by atoms with van der Waals surface area (Å²) in [6, 6.07) is 11.9. The van der Waals surface area contributed by atoms with Crippen molar-refractivity contribution in [3.8, 4) is 0 Å². The van der Waals surface area contributed by atoms with E-state index in [0.717, 1.165) is 24.8 Å². The number of nitrogens with zero attached hydrogens (tertiary/aromatic N) is 1. The number of unbranched alkanes of at least 4 members (excludes halogenated alkanes) is 2. The number of hydrogen-bond acceptors (Lipinski definition) is 3. The summed E-state index contributed by atoms with van der Waals surface area (Å²) in [6.07, 6.45) is 3.44. The van der Waals surface area contributed by atoms with Crippen molar-refractivity contribution in [3.63, 3.8) is 0 Å². The minimum atomic E-state index is -0.320. The van der Waals surface area contributed by atoms with E-state index in [1.165, 1.54) is 6.07 Å². The van der Waals surface area contributed by atoms with Gasteiger partial charge in [-0.3, -0.25) is 9.59 Å². The van der Waals surface area contributed by atoms with Crippen molar-refractivity contribution in [3.05, 3.63) is 63.6 Å². The minimum absolute atomic E-state index is 0.0865. The number of carbonyl (C=O) groups is 2. The number of carbonyl (C=O) groups excluding carboxylic acids is 2. The zero-order valence-electron chi connectivity index (χ0n) is 15.9. The molecule has 0 aliphatic heterocycles. The van der Waals surface area contributed by atoms with Crippen molar-refractivity contribution in [2.24, 2.45) is 5.10 Å². The summed E-state index contributed by atoms with van der Waals surface area (Å²) in [4.78, 5) is 24.1. The third-order valence-corrected chi connectivity index (χ3v) is 4.64. The Morgan fingerprint density at radius 2 is 1.75 bits per heavy atom. The predicted molar refractivity (Wildman–Crippen MR) is 115 cm³/mol. The molecule has 0 aliphatic rings. The minimum Gasteiger partial charge on any atom is -0.322 e. The van der Waals surface area contributed by atoms with E-state index in [2.05, 4.69) is 22.8 Å². The van der Waals surface area contributed by atoms with Gasteiger partial charge in [-0.2, -0.15) is 5.10 Å². The lowest BCUT2D eigenvalue weighted by Crippen LogP contribution is -2.18. The van der Waals surface area contributed by atoms with E-state index < -0.39 is 0 Å². The Kier molecular flexibility index (Phi) is 8.48. The van der Waals surface area contributed by atoms with Gasteiger partial charge in [0.2, 0.25) is 5.91 Å². The molecule has 2 N–H and O–H groups in total. The van der Waals surface area contributed by atoms with Crippen LogP contribution in [0.3, 0.4) is 0 Å². The predicted octanol–water partition coefficient (Wildman–Crippen LogP) is 5.67. The number of anilines is 1. The first-order valence-electron chi connectivity index (χ1n) is 9.10. The Hall–Kier alpha value is -2.37. The summed E-state index contributed by atoms with van der Waals surface area (Å²) < 4.78 is 0. The second-order valence-corrected chi connectivity index (χ2v) is 7.19. The van der Waals surface area contributed by atoms with Gasteiger partial charge in [0.1, 0.15) is 0 Å². The van der Waals surface area contributed by atoms with Gasteiger partial charge < -0.3 is 5.32 Å². The van der Waals surface area contributed by atoms with Crippen LogP contribution in [0.1, 0.15) is 55.5 Å². The van der Waals surface area contributed by atoms with Crippen molar-refractivity contribution in [1.82, 2.24) is 5.43 Å². The molecular weight excluding hydrogens is 397 g/mol. The number of amides is 2. The van der Waals surface area contributed by atoms with E-state index in [1.54, 1.807) is 24.3 Å². The maximum atomic E-state index is 12.3. The van der Waals surface area contributed by atoms with Gasteiger partial charge in [-0.05, 0) is 49.2 Å². The highest BCUT2D eigenvalue weighted by molar-refractivity contribution is 6.37. The van der Waals surface area contributed by atoms with Crippen LogP contribution in [0.4, 0.5) is 5.69 Å². The number of hydrogen-bond donors (Lipinski definition) is 2.